The number of benzene rings is 5. The van der Waals surface area contributed by atoms with Crippen LogP contribution in [-0.2, 0) is 17.3 Å². The molecule has 0 aliphatic rings. The van der Waals surface area contributed by atoms with Gasteiger partial charge >= 0.3 is 0 Å². The van der Waals surface area contributed by atoms with Crippen LogP contribution in [0, 0.1) is 0 Å². The highest BCUT2D eigenvalue weighted by molar-refractivity contribution is 6.23. The summed E-state index contributed by atoms with van der Waals surface area (Å²) in [5.41, 5.74) is 13.0. The minimum absolute atomic E-state index is 0.0814. The molecule has 0 N–H and O–H groups in total. The van der Waals surface area contributed by atoms with Crippen LogP contribution < -0.4 is 0 Å². The zero-order chi connectivity index (χ0) is 36.6. The van der Waals surface area contributed by atoms with Crippen LogP contribution in [0.1, 0.15) is 140 Å². The minimum Gasteiger partial charge on any atom is -0.455 e. The summed E-state index contributed by atoms with van der Waals surface area (Å²) in [5, 5.41) is 7.30. The molecule has 7 rings (SSSR count). The van der Waals surface area contributed by atoms with E-state index in [4.69, 9.17) is 9.40 Å². The molecule has 7 aromatic rings. The number of rotatable bonds is 6. The van der Waals surface area contributed by atoms with Crippen molar-refractivity contribution in [1.82, 2.24) is 9.97 Å². The Bertz CT molecular complexity index is 2410. The average Bonchev–Trinajstić information content (AvgIpc) is 3.47. The molecule has 0 atom stereocenters. The third kappa shape index (κ3) is 6.13. The third-order valence-corrected chi connectivity index (χ3v) is 10.8. The predicted octanol–water partition coefficient (Wildman–Crippen LogP) is 13.9. The maximum atomic E-state index is 7.17. The van der Waals surface area contributed by atoms with Crippen molar-refractivity contribution in [2.75, 3.05) is 0 Å². The van der Waals surface area contributed by atoms with Crippen molar-refractivity contribution >= 4 is 43.5 Å². The summed E-state index contributed by atoms with van der Waals surface area (Å²) in [6.45, 7) is 27.4. The first-order chi connectivity index (χ1) is 24.0. The Kier molecular flexibility index (Phi) is 8.64. The van der Waals surface area contributed by atoms with E-state index in [1.54, 1.807) is 6.33 Å². The van der Waals surface area contributed by atoms with Crippen LogP contribution in [-0.4, -0.2) is 9.97 Å². The van der Waals surface area contributed by atoms with Crippen LogP contribution in [0.4, 0.5) is 0 Å². The molecular formula is C48H54N2O. The topological polar surface area (TPSA) is 38.9 Å². The average molecular weight is 675 g/mol. The second kappa shape index (κ2) is 12.6. The standard InChI is InChI=1S/C48H54N2O/c1-27(2)30-21-37(28(3)4)39(38(22-30)29(5)6)23-31-24-40-34(33-16-14-13-15-32(31)33)17-18-36-44-41(47(7,8)9)20-19-35(46(44)51-45(36)40)42-25-43(48(10,11)12)50-26-49-42/h13-22,24-29H,23H2,1-12H3. The van der Waals surface area contributed by atoms with Gasteiger partial charge in [0, 0.05) is 32.8 Å². The zero-order valence-electron chi connectivity index (χ0n) is 32.7. The number of furan rings is 1. The molecule has 0 saturated heterocycles. The summed E-state index contributed by atoms with van der Waals surface area (Å²) in [7, 11) is 0. The first-order valence-electron chi connectivity index (χ1n) is 18.9. The molecular weight excluding hydrogens is 621 g/mol. The molecule has 51 heavy (non-hydrogen) atoms. The van der Waals surface area contributed by atoms with E-state index < -0.39 is 0 Å². The summed E-state index contributed by atoms with van der Waals surface area (Å²) >= 11 is 0. The molecule has 2 aromatic heterocycles. The fourth-order valence-corrected chi connectivity index (χ4v) is 7.98. The molecule has 3 heteroatoms. The molecule has 0 radical (unpaired) electrons. The molecule has 262 valence electrons. The Balaban J connectivity index is 1.55. The lowest BCUT2D eigenvalue weighted by Crippen LogP contribution is -2.14. The number of aromatic nitrogens is 2. The maximum Gasteiger partial charge on any atom is 0.145 e. The first kappa shape index (κ1) is 34.9. The highest BCUT2D eigenvalue weighted by atomic mass is 16.3. The van der Waals surface area contributed by atoms with E-state index in [1.807, 2.05) is 0 Å². The fraction of sp³-hybridized carbons (Fsp3) is 0.375. The lowest BCUT2D eigenvalue weighted by molar-refractivity contribution is 0.567. The maximum absolute atomic E-state index is 7.17. The molecule has 0 aliphatic heterocycles. The summed E-state index contributed by atoms with van der Waals surface area (Å²) in [6.07, 6.45) is 2.57. The monoisotopic (exact) mass is 674 g/mol. The summed E-state index contributed by atoms with van der Waals surface area (Å²) in [5.74, 6) is 1.35. The summed E-state index contributed by atoms with van der Waals surface area (Å²) < 4.78 is 7.17. The second-order valence-corrected chi connectivity index (χ2v) is 17.7. The normalized spacial score (nSPS) is 12.9. The lowest BCUT2D eigenvalue weighted by Gasteiger charge is -2.24. The predicted molar refractivity (Wildman–Crippen MR) is 219 cm³/mol. The number of hydrogen-bond donors (Lipinski definition) is 0. The van der Waals surface area contributed by atoms with E-state index >= 15 is 0 Å². The Labute approximate surface area is 304 Å². The van der Waals surface area contributed by atoms with E-state index in [2.05, 4.69) is 161 Å². The molecule has 0 unspecified atom stereocenters. The molecule has 0 spiro atoms. The van der Waals surface area contributed by atoms with Gasteiger partial charge in [0.1, 0.15) is 17.5 Å². The molecule has 5 aromatic carbocycles. The quantitative estimate of drug-likeness (QED) is 0.165. The van der Waals surface area contributed by atoms with E-state index in [1.165, 1.54) is 54.9 Å². The third-order valence-electron chi connectivity index (χ3n) is 10.8. The van der Waals surface area contributed by atoms with Crippen molar-refractivity contribution < 1.29 is 4.42 Å². The Hall–Kier alpha value is -4.50. The van der Waals surface area contributed by atoms with E-state index in [0.29, 0.717) is 17.8 Å². The van der Waals surface area contributed by atoms with Gasteiger partial charge < -0.3 is 4.42 Å². The van der Waals surface area contributed by atoms with Gasteiger partial charge in [-0.15, -0.1) is 0 Å². The summed E-state index contributed by atoms with van der Waals surface area (Å²) in [6, 6.07) is 27.5. The number of nitrogens with zero attached hydrogens (tertiary/aromatic N) is 2. The number of hydrogen-bond acceptors (Lipinski definition) is 3. The van der Waals surface area contributed by atoms with Gasteiger partial charge in [-0.2, -0.15) is 0 Å². The van der Waals surface area contributed by atoms with E-state index in [0.717, 1.165) is 45.3 Å². The number of fused-ring (bicyclic) bond motifs is 7. The van der Waals surface area contributed by atoms with Crippen molar-refractivity contribution in [2.24, 2.45) is 0 Å². The van der Waals surface area contributed by atoms with Crippen LogP contribution in [0.15, 0.2) is 83.5 Å². The Morgan fingerprint density at radius 3 is 1.82 bits per heavy atom. The lowest BCUT2D eigenvalue weighted by atomic mass is 9.81. The van der Waals surface area contributed by atoms with Crippen molar-refractivity contribution in [3.8, 4) is 11.3 Å². The van der Waals surface area contributed by atoms with Crippen LogP contribution in [0.25, 0.3) is 54.7 Å². The smallest absolute Gasteiger partial charge is 0.145 e. The van der Waals surface area contributed by atoms with Gasteiger partial charge in [-0.25, -0.2) is 9.97 Å². The van der Waals surface area contributed by atoms with Crippen molar-refractivity contribution in [3.05, 3.63) is 118 Å². The van der Waals surface area contributed by atoms with Crippen LogP contribution in [0.5, 0.6) is 0 Å². The highest BCUT2D eigenvalue weighted by Crippen LogP contribution is 2.45. The van der Waals surface area contributed by atoms with Crippen molar-refractivity contribution in [3.63, 3.8) is 0 Å². The molecule has 0 aliphatic carbocycles. The van der Waals surface area contributed by atoms with E-state index in [9.17, 15) is 0 Å². The minimum atomic E-state index is -0.0936. The van der Waals surface area contributed by atoms with Gasteiger partial charge in [0.25, 0.3) is 0 Å². The molecule has 0 bridgehead atoms. The SMILES string of the molecule is CC(C)c1cc(C(C)C)c(Cc2cc3c(ccc4c3oc3c(-c5cc(C(C)(C)C)ncn5)ccc(C(C)(C)C)c34)c3ccccc23)c(C(C)C)c1. The summed E-state index contributed by atoms with van der Waals surface area (Å²) in [4.78, 5) is 9.43. The van der Waals surface area contributed by atoms with Crippen LogP contribution in [0.2, 0.25) is 0 Å². The van der Waals surface area contributed by atoms with Crippen LogP contribution >= 0.6 is 0 Å². The van der Waals surface area contributed by atoms with Gasteiger partial charge in [-0.3, -0.25) is 0 Å². The Morgan fingerprint density at radius 1 is 0.588 bits per heavy atom. The molecule has 3 nitrogen and oxygen atoms in total. The van der Waals surface area contributed by atoms with Crippen molar-refractivity contribution in [1.29, 1.82) is 0 Å². The van der Waals surface area contributed by atoms with Gasteiger partial charge in [-0.05, 0) is 103 Å². The Morgan fingerprint density at radius 2 is 1.22 bits per heavy atom. The van der Waals surface area contributed by atoms with Gasteiger partial charge in [0.2, 0.25) is 0 Å². The second-order valence-electron chi connectivity index (χ2n) is 17.7. The van der Waals surface area contributed by atoms with Crippen molar-refractivity contribution in [2.45, 2.75) is 118 Å². The van der Waals surface area contributed by atoms with Crippen LogP contribution in [0.3, 0.4) is 0 Å². The molecule has 0 amide bonds. The van der Waals surface area contributed by atoms with E-state index in [-0.39, 0.29) is 10.8 Å². The molecule has 0 fully saturated rings. The fourth-order valence-electron chi connectivity index (χ4n) is 7.98. The largest absolute Gasteiger partial charge is 0.455 e. The molecule has 0 saturated carbocycles. The first-order valence-corrected chi connectivity index (χ1v) is 18.9. The zero-order valence-corrected chi connectivity index (χ0v) is 32.7. The highest BCUT2D eigenvalue weighted by Gasteiger charge is 2.26. The van der Waals surface area contributed by atoms with Gasteiger partial charge in [-0.1, -0.05) is 132 Å². The molecule has 2 heterocycles. The van der Waals surface area contributed by atoms with Gasteiger partial charge in [0.15, 0.2) is 0 Å². The van der Waals surface area contributed by atoms with Gasteiger partial charge in [0.05, 0.1) is 5.69 Å².